The minimum Gasteiger partial charge on any atom is -0.509 e. The molecule has 0 fully saturated rings. The van der Waals surface area contributed by atoms with Crippen molar-refractivity contribution in [3.8, 4) is 17.3 Å². The molecule has 0 amide bonds. The summed E-state index contributed by atoms with van der Waals surface area (Å²) in [4.78, 5) is 9.56. The van der Waals surface area contributed by atoms with Gasteiger partial charge >= 0.3 is 0 Å². The van der Waals surface area contributed by atoms with Gasteiger partial charge in [0.1, 0.15) is 5.82 Å². The van der Waals surface area contributed by atoms with E-state index >= 15 is 0 Å². The Labute approximate surface area is 364 Å². The van der Waals surface area contributed by atoms with E-state index in [2.05, 4.69) is 196 Å². The van der Waals surface area contributed by atoms with E-state index in [-0.39, 0.29) is 32.0 Å². The van der Waals surface area contributed by atoms with E-state index in [0.717, 1.165) is 50.4 Å². The summed E-state index contributed by atoms with van der Waals surface area (Å²) in [6.07, 6.45) is 1.92. The third-order valence-corrected chi connectivity index (χ3v) is 12.1. The molecule has 4 heterocycles. The summed E-state index contributed by atoms with van der Waals surface area (Å²) in [5.74, 6) is 2.07. The summed E-state index contributed by atoms with van der Waals surface area (Å²) in [7, 11) is 0. The Balaban J connectivity index is 0.00000449. The Morgan fingerprint density at radius 1 is 0.627 bits per heavy atom. The van der Waals surface area contributed by atoms with Crippen LogP contribution in [0, 0.1) is 18.8 Å². The van der Waals surface area contributed by atoms with E-state index in [4.69, 9.17) is 9.72 Å². The van der Waals surface area contributed by atoms with Crippen LogP contribution < -0.4 is 9.64 Å². The van der Waals surface area contributed by atoms with Crippen LogP contribution in [0.2, 0.25) is 0 Å². The Kier molecular flexibility index (Phi) is 9.77. The molecule has 5 nitrogen and oxygen atoms in total. The molecule has 59 heavy (non-hydrogen) atoms. The molecule has 0 saturated heterocycles. The number of aromatic nitrogens is 2. The summed E-state index contributed by atoms with van der Waals surface area (Å²) in [5.41, 5.74) is 8.36. The summed E-state index contributed by atoms with van der Waals surface area (Å²) in [6, 6.07) is 56.4. The number of hydrogen-bond acceptors (Lipinski definition) is 5. The van der Waals surface area contributed by atoms with Gasteiger partial charge in [-0.3, -0.25) is 0 Å². The van der Waals surface area contributed by atoms with Crippen LogP contribution in [0.5, 0.6) is 11.5 Å². The van der Waals surface area contributed by atoms with Crippen molar-refractivity contribution < 1.29 is 25.8 Å². The molecule has 0 saturated carbocycles. The molecule has 0 radical (unpaired) electrons. The van der Waals surface area contributed by atoms with Crippen molar-refractivity contribution in [2.75, 3.05) is 4.90 Å². The van der Waals surface area contributed by atoms with Gasteiger partial charge in [-0.25, -0.2) is 4.98 Å². The van der Waals surface area contributed by atoms with Crippen molar-refractivity contribution in [1.82, 2.24) is 14.5 Å². The van der Waals surface area contributed by atoms with Gasteiger partial charge in [0.05, 0.1) is 0 Å². The van der Waals surface area contributed by atoms with Gasteiger partial charge < -0.3 is 19.1 Å². The fourth-order valence-electron chi connectivity index (χ4n) is 8.18. The van der Waals surface area contributed by atoms with Crippen molar-refractivity contribution in [2.24, 2.45) is 0 Å². The molecule has 1 aliphatic rings. The second kappa shape index (κ2) is 14.9. The van der Waals surface area contributed by atoms with E-state index in [1.54, 1.807) is 0 Å². The molecule has 0 atom stereocenters. The number of anilines is 1. The summed E-state index contributed by atoms with van der Waals surface area (Å²) in [6.45, 7) is 15.6. The molecule has 296 valence electrons. The fourth-order valence-corrected chi connectivity index (χ4v) is 9.29. The fraction of sp³-hybridized carbons (Fsp3) is 0.154. The molecule has 0 spiro atoms. The molecule has 0 N–H and O–H groups in total. The van der Waals surface area contributed by atoms with Crippen LogP contribution in [-0.2, 0) is 26.5 Å². The smallest absolute Gasteiger partial charge is 0.135 e. The van der Waals surface area contributed by atoms with Crippen LogP contribution in [0.1, 0.15) is 58.2 Å². The molecule has 6 aromatic carbocycles. The summed E-state index contributed by atoms with van der Waals surface area (Å²) < 4.78 is 11.5. The molecule has 3 aromatic heterocycles. The average molecular weight is 967 g/mol. The number of hydrogen-bond donors (Lipinski definition) is 0. The molecule has 9 aromatic rings. The topological polar surface area (TPSA) is 33.5 Å². The number of pyridine rings is 1. The van der Waals surface area contributed by atoms with Crippen LogP contribution >= 0.6 is 11.3 Å². The van der Waals surface area contributed by atoms with Crippen molar-refractivity contribution in [3.05, 3.63) is 181 Å². The first-order valence-electron chi connectivity index (χ1n) is 19.8. The Bertz CT molecular complexity index is 3040. The minimum atomic E-state index is -0.195. The van der Waals surface area contributed by atoms with Crippen LogP contribution in [0.3, 0.4) is 0 Å². The molecular formula is C52H43N4OPtS-3. The number of thiophene rings is 1. The molecule has 7 heteroatoms. The standard InChI is InChI=1S/C52H43N4OS.Pt/c1-51(2,3)36-28-29-53-46(30-36)56-42-26-27-45-48(41-22-13-14-23-44(41)58-45)47(42)40-25-24-39(32-43(40)56)57-38-21-15-20-37(31-38)54-33-55(52(4,5)6)50(35-18-11-8-12-19-35)49(54)34-16-9-7-10-17-34;/h7-30,33H,1-6H3;/q-3;. The number of rotatable bonds is 6. The molecule has 0 aliphatic carbocycles. The Morgan fingerprint density at radius 2 is 1.32 bits per heavy atom. The van der Waals surface area contributed by atoms with Gasteiger partial charge in [-0.15, -0.1) is 52.7 Å². The van der Waals surface area contributed by atoms with Gasteiger partial charge in [0.25, 0.3) is 0 Å². The van der Waals surface area contributed by atoms with Gasteiger partial charge in [0.2, 0.25) is 0 Å². The maximum atomic E-state index is 6.73. The van der Waals surface area contributed by atoms with Gasteiger partial charge in [0, 0.05) is 70.6 Å². The first-order chi connectivity index (χ1) is 28.0. The maximum absolute atomic E-state index is 6.73. The van der Waals surface area contributed by atoms with Crippen LogP contribution in [0.4, 0.5) is 5.69 Å². The number of ether oxygens (including phenoxy) is 1. The quantitative estimate of drug-likeness (QED) is 0.156. The summed E-state index contributed by atoms with van der Waals surface area (Å²) >= 11 is 1.83. The number of benzene rings is 6. The van der Waals surface area contributed by atoms with Crippen LogP contribution in [0.25, 0.3) is 59.2 Å². The van der Waals surface area contributed by atoms with Gasteiger partial charge in [0.15, 0.2) is 0 Å². The molecular weight excluding hydrogens is 924 g/mol. The second-order valence-electron chi connectivity index (χ2n) is 17.0. The Morgan fingerprint density at radius 3 is 2.05 bits per heavy atom. The molecule has 10 rings (SSSR count). The second-order valence-corrected chi connectivity index (χ2v) is 18.0. The zero-order valence-corrected chi connectivity index (χ0v) is 36.9. The predicted octanol–water partition coefficient (Wildman–Crippen LogP) is 13.8. The predicted molar refractivity (Wildman–Crippen MR) is 242 cm³/mol. The number of fused-ring (bicyclic) bond motifs is 7. The van der Waals surface area contributed by atoms with Gasteiger partial charge in [-0.05, 0) is 89.4 Å². The van der Waals surface area contributed by atoms with Gasteiger partial charge in [-0.2, -0.15) is 18.8 Å². The average Bonchev–Trinajstić information content (AvgIpc) is 3.91. The summed E-state index contributed by atoms with van der Waals surface area (Å²) in [5, 5.41) is 4.84. The molecule has 0 unspecified atom stereocenters. The van der Waals surface area contributed by atoms with E-state index in [0.29, 0.717) is 11.5 Å². The van der Waals surface area contributed by atoms with Crippen molar-refractivity contribution >= 4 is 70.4 Å². The maximum Gasteiger partial charge on any atom is 0.135 e. The van der Waals surface area contributed by atoms with Gasteiger partial charge in [-0.1, -0.05) is 105 Å². The minimum absolute atomic E-state index is 0. The van der Waals surface area contributed by atoms with E-state index in [9.17, 15) is 0 Å². The van der Waals surface area contributed by atoms with E-state index in [1.807, 2.05) is 35.7 Å². The molecule has 1 aliphatic heterocycles. The van der Waals surface area contributed by atoms with Crippen molar-refractivity contribution in [3.63, 3.8) is 0 Å². The van der Waals surface area contributed by atoms with Crippen molar-refractivity contribution in [2.45, 2.75) is 52.5 Å². The monoisotopic (exact) mass is 966 g/mol. The third kappa shape index (κ3) is 6.82. The van der Waals surface area contributed by atoms with Crippen LogP contribution in [-0.4, -0.2) is 20.0 Å². The van der Waals surface area contributed by atoms with E-state index in [1.165, 1.54) is 31.1 Å². The Hall–Kier alpha value is -5.68. The zero-order chi connectivity index (χ0) is 39.8. The largest absolute Gasteiger partial charge is 0.509 e. The molecule has 0 bridgehead atoms. The van der Waals surface area contributed by atoms with Crippen LogP contribution in [0.15, 0.2) is 146 Å². The zero-order valence-electron chi connectivity index (χ0n) is 33.9. The first kappa shape index (κ1) is 38.8. The first-order valence-corrected chi connectivity index (χ1v) is 20.6. The van der Waals surface area contributed by atoms with E-state index < -0.39 is 0 Å². The normalized spacial score (nSPS) is 13.6. The number of nitrogens with zero attached hydrogens (tertiary/aromatic N) is 4. The SMILES string of the molecule is CC(C)(C)c1ccnc(-n2c3[c-]c(Oc4[c-]c(N5[CH-]N(C(C)(C)C)C(c6ccccc6)=C5c5ccccc5)ccc4)ccc3c3c4c(ccc32)sc2ccccc24)c1.[Pt]. The third-order valence-electron chi connectivity index (χ3n) is 11.0. The van der Waals surface area contributed by atoms with Crippen molar-refractivity contribution in [1.29, 1.82) is 0 Å².